The van der Waals surface area contributed by atoms with Crippen molar-refractivity contribution in [3.63, 3.8) is 0 Å². The van der Waals surface area contributed by atoms with Gasteiger partial charge in [-0.2, -0.15) is 0 Å². The van der Waals surface area contributed by atoms with Crippen LogP contribution in [-0.2, 0) is 9.59 Å². The van der Waals surface area contributed by atoms with E-state index in [2.05, 4.69) is 4.98 Å². The summed E-state index contributed by atoms with van der Waals surface area (Å²) in [6, 6.07) is 7.53. The molecule has 8 heteroatoms. The van der Waals surface area contributed by atoms with E-state index >= 15 is 0 Å². The predicted molar refractivity (Wildman–Crippen MR) is 114 cm³/mol. The second-order valence-electron chi connectivity index (χ2n) is 7.15. The van der Waals surface area contributed by atoms with Crippen LogP contribution in [0.25, 0.3) is 5.76 Å². The normalized spacial score (nSPS) is 18.3. The Bertz CT molecular complexity index is 976. The summed E-state index contributed by atoms with van der Waals surface area (Å²) < 4.78 is 5.43. The number of carbonyl (C=O) groups excluding carboxylic acids is 2. The number of aliphatic hydroxyl groups is 1. The molecule has 1 aromatic heterocycles. The molecule has 1 atom stereocenters. The highest BCUT2D eigenvalue weighted by Gasteiger charge is 2.45. The molecule has 1 aliphatic heterocycles. The largest absolute Gasteiger partial charge is 0.507 e. The lowest BCUT2D eigenvalue weighted by Gasteiger charge is -2.26. The first kappa shape index (κ1) is 21.8. The third-order valence-electron chi connectivity index (χ3n) is 4.86. The number of rotatable bonds is 7. The predicted octanol–water partition coefficient (Wildman–Crippen LogP) is 3.12. The van der Waals surface area contributed by atoms with E-state index in [9.17, 15) is 14.7 Å². The maximum atomic E-state index is 12.9. The van der Waals surface area contributed by atoms with Crippen molar-refractivity contribution >= 4 is 29.1 Å². The first-order chi connectivity index (χ1) is 14.3. The van der Waals surface area contributed by atoms with Gasteiger partial charge in [-0.15, -0.1) is 0 Å². The summed E-state index contributed by atoms with van der Waals surface area (Å²) in [7, 11) is 3.78. The van der Waals surface area contributed by atoms with E-state index in [0.717, 1.165) is 0 Å². The fourth-order valence-corrected chi connectivity index (χ4v) is 3.62. The highest BCUT2D eigenvalue weighted by Crippen LogP contribution is 2.40. The van der Waals surface area contributed by atoms with Gasteiger partial charge in [0.25, 0.3) is 11.7 Å². The van der Waals surface area contributed by atoms with Crippen molar-refractivity contribution in [3.05, 3.63) is 64.4 Å². The molecule has 1 saturated heterocycles. The Morgan fingerprint density at radius 1 is 1.23 bits per heavy atom. The zero-order valence-corrected chi connectivity index (χ0v) is 17.9. The van der Waals surface area contributed by atoms with E-state index in [1.165, 1.54) is 11.0 Å². The van der Waals surface area contributed by atoms with Crippen molar-refractivity contribution in [1.29, 1.82) is 0 Å². The van der Waals surface area contributed by atoms with Crippen LogP contribution >= 0.6 is 11.6 Å². The van der Waals surface area contributed by atoms with Crippen LogP contribution in [0.15, 0.2) is 48.3 Å². The number of likely N-dealkylation sites (N-methyl/N-ethyl adjacent to an activating group) is 1. The van der Waals surface area contributed by atoms with E-state index in [4.69, 9.17) is 16.3 Å². The fraction of sp³-hybridized carbons (Fsp3) is 0.318. The van der Waals surface area contributed by atoms with Crippen LogP contribution in [-0.4, -0.2) is 65.4 Å². The van der Waals surface area contributed by atoms with Crippen molar-refractivity contribution < 1.29 is 19.4 Å². The van der Waals surface area contributed by atoms with Gasteiger partial charge in [-0.05, 0) is 56.9 Å². The van der Waals surface area contributed by atoms with E-state index in [1.54, 1.807) is 36.7 Å². The van der Waals surface area contributed by atoms with E-state index < -0.39 is 17.7 Å². The van der Waals surface area contributed by atoms with Crippen molar-refractivity contribution in [2.24, 2.45) is 0 Å². The third-order valence-corrected chi connectivity index (χ3v) is 5.15. The second kappa shape index (κ2) is 9.28. The lowest BCUT2D eigenvalue weighted by Crippen LogP contribution is -2.35. The number of hydrogen-bond donors (Lipinski definition) is 1. The summed E-state index contributed by atoms with van der Waals surface area (Å²) in [6.45, 7) is 3.20. The molecule has 0 spiro atoms. The molecule has 1 aromatic carbocycles. The maximum Gasteiger partial charge on any atom is 0.295 e. The van der Waals surface area contributed by atoms with E-state index in [0.29, 0.717) is 41.6 Å². The van der Waals surface area contributed by atoms with Crippen LogP contribution < -0.4 is 4.74 Å². The Morgan fingerprint density at radius 3 is 2.53 bits per heavy atom. The molecule has 0 aliphatic carbocycles. The number of ether oxygens (including phenoxy) is 1. The van der Waals surface area contributed by atoms with Crippen LogP contribution in [0.2, 0.25) is 5.02 Å². The first-order valence-electron chi connectivity index (χ1n) is 9.61. The van der Waals surface area contributed by atoms with Gasteiger partial charge in [0, 0.05) is 31.0 Å². The third kappa shape index (κ3) is 4.32. The molecule has 1 aliphatic rings. The number of nitrogens with zero attached hydrogens (tertiary/aromatic N) is 3. The van der Waals surface area contributed by atoms with Crippen molar-refractivity contribution in [2.45, 2.75) is 13.0 Å². The minimum atomic E-state index is -0.724. The number of Topliss-reactive ketones (excluding diaryl/α,β-unsaturated/α-hetero) is 1. The zero-order valence-electron chi connectivity index (χ0n) is 17.1. The molecule has 1 unspecified atom stereocenters. The van der Waals surface area contributed by atoms with Gasteiger partial charge in [0.2, 0.25) is 0 Å². The Hall–Kier alpha value is -2.90. The average Bonchev–Trinajstić information content (AvgIpc) is 2.98. The van der Waals surface area contributed by atoms with Gasteiger partial charge in [0.1, 0.15) is 11.5 Å². The first-order valence-corrected chi connectivity index (χ1v) is 9.98. The number of aliphatic hydroxyl groups excluding tert-OH is 1. The lowest BCUT2D eigenvalue weighted by atomic mass is 9.96. The van der Waals surface area contributed by atoms with Gasteiger partial charge >= 0.3 is 0 Å². The number of hydrogen-bond acceptors (Lipinski definition) is 6. The van der Waals surface area contributed by atoms with Gasteiger partial charge in [0.05, 0.1) is 23.2 Å². The summed E-state index contributed by atoms with van der Waals surface area (Å²) in [4.78, 5) is 33.1. The molecule has 2 aromatic rings. The average molecular weight is 430 g/mol. The minimum absolute atomic E-state index is 0.0326. The molecular formula is C22H24ClN3O4. The minimum Gasteiger partial charge on any atom is -0.507 e. The molecule has 1 amide bonds. The van der Waals surface area contributed by atoms with Crippen LogP contribution in [0, 0.1) is 0 Å². The number of aromatic nitrogens is 1. The summed E-state index contributed by atoms with van der Waals surface area (Å²) in [5, 5.41) is 11.3. The second-order valence-corrected chi connectivity index (χ2v) is 7.56. The van der Waals surface area contributed by atoms with Gasteiger partial charge in [-0.3, -0.25) is 14.6 Å². The molecule has 0 bridgehead atoms. The maximum absolute atomic E-state index is 12.9. The van der Waals surface area contributed by atoms with Crippen LogP contribution in [0.3, 0.4) is 0 Å². The molecule has 7 nitrogen and oxygen atoms in total. The molecule has 30 heavy (non-hydrogen) atoms. The van der Waals surface area contributed by atoms with E-state index in [1.807, 2.05) is 25.9 Å². The number of pyridine rings is 1. The lowest BCUT2D eigenvalue weighted by molar-refractivity contribution is -0.140. The quantitative estimate of drug-likeness (QED) is 0.413. The molecule has 0 radical (unpaired) electrons. The fourth-order valence-electron chi connectivity index (χ4n) is 3.39. The monoisotopic (exact) mass is 429 g/mol. The number of carbonyl (C=O) groups is 2. The molecule has 2 heterocycles. The smallest absolute Gasteiger partial charge is 0.295 e. The van der Waals surface area contributed by atoms with Crippen molar-refractivity contribution in [1.82, 2.24) is 14.8 Å². The number of likely N-dealkylation sites (tertiary alicyclic amines) is 1. The summed E-state index contributed by atoms with van der Waals surface area (Å²) in [5.41, 5.74) is 1.07. The van der Waals surface area contributed by atoms with Gasteiger partial charge < -0.3 is 19.6 Å². The Labute approximate surface area is 180 Å². The Kier molecular flexibility index (Phi) is 6.74. The van der Waals surface area contributed by atoms with Crippen LogP contribution in [0.5, 0.6) is 5.75 Å². The molecule has 1 N–H and O–H groups in total. The highest BCUT2D eigenvalue weighted by atomic mass is 35.5. The topological polar surface area (TPSA) is 83.0 Å². The zero-order chi connectivity index (χ0) is 21.8. The molecular weight excluding hydrogens is 406 g/mol. The standard InChI is InChI=1S/C22H24ClN3O4/c1-4-30-17-6-5-15(13-16(17)23)20(27)18-19(14-7-9-24-10-8-14)26(12-11-25(2)3)22(29)21(18)28/h5-10,13,19,27H,4,11-12H2,1-3H3/b20-18-. The number of ketones is 1. The summed E-state index contributed by atoms with van der Waals surface area (Å²) >= 11 is 6.26. The van der Waals surface area contributed by atoms with E-state index in [-0.39, 0.29) is 11.3 Å². The molecule has 0 saturated carbocycles. The van der Waals surface area contributed by atoms with Crippen molar-refractivity contribution in [2.75, 3.05) is 33.8 Å². The summed E-state index contributed by atoms with van der Waals surface area (Å²) in [5.74, 6) is -1.16. The summed E-state index contributed by atoms with van der Waals surface area (Å²) in [6.07, 6.45) is 3.18. The molecule has 1 fully saturated rings. The highest BCUT2D eigenvalue weighted by molar-refractivity contribution is 6.46. The van der Waals surface area contributed by atoms with Crippen LogP contribution in [0.1, 0.15) is 24.1 Å². The van der Waals surface area contributed by atoms with Crippen LogP contribution in [0.4, 0.5) is 0 Å². The van der Waals surface area contributed by atoms with Gasteiger partial charge in [0.15, 0.2) is 0 Å². The molecule has 158 valence electrons. The number of halogens is 1. The Balaban J connectivity index is 2.10. The SMILES string of the molecule is CCOc1ccc(/C(O)=C2/C(=O)C(=O)N(CCN(C)C)C2c2ccncc2)cc1Cl. The Morgan fingerprint density at radius 2 is 1.93 bits per heavy atom. The molecule has 3 rings (SSSR count). The number of benzene rings is 1. The van der Waals surface area contributed by atoms with Gasteiger partial charge in [-0.25, -0.2) is 0 Å². The number of amides is 1. The van der Waals surface area contributed by atoms with Gasteiger partial charge in [-0.1, -0.05) is 11.6 Å². The van der Waals surface area contributed by atoms with Crippen molar-refractivity contribution in [3.8, 4) is 5.75 Å².